The SMILES string of the molecule is CCc1cccc(C)c1NC(=O)N(CC(C)C)CC(C)C. The molecule has 3 nitrogen and oxygen atoms in total. The van der Waals surface area contributed by atoms with E-state index in [1.807, 2.05) is 24.0 Å². The third-order valence-electron chi connectivity index (χ3n) is 3.43. The zero-order valence-electron chi connectivity index (χ0n) is 14.4. The van der Waals surface area contributed by atoms with E-state index in [0.717, 1.165) is 30.8 Å². The Morgan fingerprint density at radius 1 is 1.14 bits per heavy atom. The van der Waals surface area contributed by atoms with Gasteiger partial charge in [-0.05, 0) is 36.3 Å². The molecular weight excluding hydrogens is 260 g/mol. The molecule has 0 unspecified atom stereocenters. The van der Waals surface area contributed by atoms with Crippen molar-refractivity contribution in [2.24, 2.45) is 11.8 Å². The predicted octanol–water partition coefficient (Wildman–Crippen LogP) is 4.70. The Bertz CT molecular complexity index is 456. The summed E-state index contributed by atoms with van der Waals surface area (Å²) in [5.74, 6) is 0.939. The van der Waals surface area contributed by atoms with Crippen molar-refractivity contribution in [3.8, 4) is 0 Å². The highest BCUT2D eigenvalue weighted by atomic mass is 16.2. The fourth-order valence-corrected chi connectivity index (χ4v) is 2.51. The van der Waals surface area contributed by atoms with Crippen molar-refractivity contribution in [3.63, 3.8) is 0 Å². The molecule has 0 aliphatic rings. The number of urea groups is 1. The predicted molar refractivity (Wildman–Crippen MR) is 90.8 cm³/mol. The van der Waals surface area contributed by atoms with Crippen LogP contribution in [0.3, 0.4) is 0 Å². The molecule has 0 spiro atoms. The van der Waals surface area contributed by atoms with Crippen LogP contribution in [-0.4, -0.2) is 24.0 Å². The smallest absolute Gasteiger partial charge is 0.321 e. The van der Waals surface area contributed by atoms with Crippen molar-refractivity contribution in [2.75, 3.05) is 18.4 Å². The second kappa shape index (κ2) is 8.06. The van der Waals surface area contributed by atoms with Gasteiger partial charge < -0.3 is 10.2 Å². The molecule has 0 saturated heterocycles. The van der Waals surface area contributed by atoms with E-state index in [0.29, 0.717) is 11.8 Å². The Morgan fingerprint density at radius 3 is 2.19 bits per heavy atom. The lowest BCUT2D eigenvalue weighted by atomic mass is 10.1. The topological polar surface area (TPSA) is 32.3 Å². The summed E-state index contributed by atoms with van der Waals surface area (Å²) in [7, 11) is 0. The summed E-state index contributed by atoms with van der Waals surface area (Å²) in [6, 6.07) is 6.19. The van der Waals surface area contributed by atoms with Gasteiger partial charge in [0.25, 0.3) is 0 Å². The summed E-state index contributed by atoms with van der Waals surface area (Å²) < 4.78 is 0. The van der Waals surface area contributed by atoms with Crippen LogP contribution in [0.25, 0.3) is 0 Å². The first-order valence-electron chi connectivity index (χ1n) is 7.99. The highest BCUT2D eigenvalue weighted by Gasteiger charge is 2.18. The molecule has 0 aromatic heterocycles. The highest BCUT2D eigenvalue weighted by Crippen LogP contribution is 2.21. The number of hydrogen-bond donors (Lipinski definition) is 1. The number of hydrogen-bond acceptors (Lipinski definition) is 1. The lowest BCUT2D eigenvalue weighted by Gasteiger charge is -2.27. The molecule has 21 heavy (non-hydrogen) atoms. The number of nitrogens with one attached hydrogen (secondary N) is 1. The summed E-state index contributed by atoms with van der Waals surface area (Å²) >= 11 is 0. The number of benzene rings is 1. The summed E-state index contributed by atoms with van der Waals surface area (Å²) in [6.07, 6.45) is 0.922. The lowest BCUT2D eigenvalue weighted by Crippen LogP contribution is -2.40. The van der Waals surface area contributed by atoms with Crippen LogP contribution >= 0.6 is 0 Å². The average molecular weight is 290 g/mol. The monoisotopic (exact) mass is 290 g/mol. The van der Waals surface area contributed by atoms with E-state index in [1.165, 1.54) is 5.56 Å². The van der Waals surface area contributed by atoms with Gasteiger partial charge in [-0.15, -0.1) is 0 Å². The van der Waals surface area contributed by atoms with Gasteiger partial charge in [-0.2, -0.15) is 0 Å². The summed E-state index contributed by atoms with van der Waals surface area (Å²) in [5.41, 5.74) is 3.29. The third kappa shape index (κ3) is 5.41. The second-order valence-corrected chi connectivity index (χ2v) is 6.59. The van der Waals surface area contributed by atoms with Gasteiger partial charge in [-0.1, -0.05) is 52.8 Å². The summed E-state index contributed by atoms with van der Waals surface area (Å²) in [4.78, 5) is 14.6. The molecule has 0 aliphatic heterocycles. The molecule has 118 valence electrons. The van der Waals surface area contributed by atoms with Gasteiger partial charge >= 0.3 is 6.03 Å². The van der Waals surface area contributed by atoms with E-state index in [-0.39, 0.29) is 6.03 Å². The van der Waals surface area contributed by atoms with Crippen LogP contribution < -0.4 is 5.32 Å². The normalized spacial score (nSPS) is 11.0. The molecule has 3 heteroatoms. The Labute approximate surface area is 129 Å². The average Bonchev–Trinajstić information content (AvgIpc) is 2.39. The molecule has 0 bridgehead atoms. The van der Waals surface area contributed by atoms with Crippen molar-refractivity contribution in [1.82, 2.24) is 4.90 Å². The number of aryl methyl sites for hydroxylation is 2. The fourth-order valence-electron chi connectivity index (χ4n) is 2.51. The molecule has 0 atom stereocenters. The molecule has 0 saturated carbocycles. The van der Waals surface area contributed by atoms with E-state index in [4.69, 9.17) is 0 Å². The van der Waals surface area contributed by atoms with Gasteiger partial charge in [0.15, 0.2) is 0 Å². The largest absolute Gasteiger partial charge is 0.324 e. The van der Waals surface area contributed by atoms with Gasteiger partial charge in [0.1, 0.15) is 0 Å². The number of rotatable bonds is 6. The first kappa shape index (κ1) is 17.5. The minimum Gasteiger partial charge on any atom is -0.324 e. The van der Waals surface area contributed by atoms with Gasteiger partial charge in [0.2, 0.25) is 0 Å². The van der Waals surface area contributed by atoms with Gasteiger partial charge in [0, 0.05) is 18.8 Å². The Kier molecular flexibility index (Phi) is 6.73. The van der Waals surface area contributed by atoms with E-state index in [2.05, 4.69) is 46.0 Å². The maximum atomic E-state index is 12.6. The maximum Gasteiger partial charge on any atom is 0.321 e. The molecule has 0 heterocycles. The Balaban J connectivity index is 2.90. The van der Waals surface area contributed by atoms with Gasteiger partial charge in [-0.3, -0.25) is 0 Å². The van der Waals surface area contributed by atoms with Crippen LogP contribution in [-0.2, 0) is 6.42 Å². The first-order valence-corrected chi connectivity index (χ1v) is 7.99. The number of carbonyl (C=O) groups excluding carboxylic acids is 1. The molecule has 2 amide bonds. The molecule has 1 aromatic rings. The zero-order valence-corrected chi connectivity index (χ0v) is 14.4. The summed E-state index contributed by atoms with van der Waals surface area (Å²) in [5, 5.41) is 3.13. The van der Waals surface area contributed by atoms with Crippen LogP contribution in [0.2, 0.25) is 0 Å². The molecule has 1 N–H and O–H groups in total. The van der Waals surface area contributed by atoms with Crippen molar-refractivity contribution >= 4 is 11.7 Å². The zero-order chi connectivity index (χ0) is 16.0. The number of nitrogens with zero attached hydrogens (tertiary/aromatic N) is 1. The minimum atomic E-state index is 0.0152. The standard InChI is InChI=1S/C18H30N2O/c1-7-16-10-8-9-15(6)17(16)19-18(21)20(11-13(2)3)12-14(4)5/h8-10,13-14H,7,11-12H2,1-6H3,(H,19,21). The van der Waals surface area contributed by atoms with Crippen LogP contribution in [0.5, 0.6) is 0 Å². The van der Waals surface area contributed by atoms with Crippen LogP contribution in [0.15, 0.2) is 18.2 Å². The van der Waals surface area contributed by atoms with Crippen molar-refractivity contribution in [3.05, 3.63) is 29.3 Å². The molecule has 0 radical (unpaired) electrons. The molecule has 1 aromatic carbocycles. The van der Waals surface area contributed by atoms with Crippen LogP contribution in [0.4, 0.5) is 10.5 Å². The van der Waals surface area contributed by atoms with E-state index in [1.54, 1.807) is 0 Å². The Morgan fingerprint density at radius 2 is 1.71 bits per heavy atom. The molecule has 0 aliphatic carbocycles. The number of para-hydroxylation sites is 1. The van der Waals surface area contributed by atoms with E-state index < -0.39 is 0 Å². The first-order chi connectivity index (χ1) is 9.85. The van der Waals surface area contributed by atoms with Crippen molar-refractivity contribution in [2.45, 2.75) is 48.0 Å². The van der Waals surface area contributed by atoms with E-state index in [9.17, 15) is 4.79 Å². The quantitative estimate of drug-likeness (QED) is 0.809. The van der Waals surface area contributed by atoms with Crippen molar-refractivity contribution in [1.29, 1.82) is 0 Å². The molecular formula is C18H30N2O. The van der Waals surface area contributed by atoms with Crippen LogP contribution in [0.1, 0.15) is 45.7 Å². The summed E-state index contributed by atoms with van der Waals surface area (Å²) in [6.45, 7) is 14.3. The number of anilines is 1. The second-order valence-electron chi connectivity index (χ2n) is 6.59. The van der Waals surface area contributed by atoms with Crippen molar-refractivity contribution < 1.29 is 4.79 Å². The highest BCUT2D eigenvalue weighted by molar-refractivity contribution is 5.91. The number of carbonyl (C=O) groups is 1. The Hall–Kier alpha value is -1.51. The molecule has 0 fully saturated rings. The van der Waals surface area contributed by atoms with Gasteiger partial charge in [0.05, 0.1) is 0 Å². The molecule has 1 rings (SSSR count). The van der Waals surface area contributed by atoms with E-state index >= 15 is 0 Å². The van der Waals surface area contributed by atoms with Gasteiger partial charge in [-0.25, -0.2) is 4.79 Å². The third-order valence-corrected chi connectivity index (χ3v) is 3.43. The minimum absolute atomic E-state index is 0.0152. The lowest BCUT2D eigenvalue weighted by molar-refractivity contribution is 0.196. The fraction of sp³-hybridized carbons (Fsp3) is 0.611. The number of amides is 2. The maximum absolute atomic E-state index is 12.6. The van der Waals surface area contributed by atoms with Crippen LogP contribution in [0, 0.1) is 18.8 Å².